The molecular formula is C23H28N2S. The van der Waals surface area contributed by atoms with Gasteiger partial charge in [0.25, 0.3) is 0 Å². The van der Waals surface area contributed by atoms with Crippen LogP contribution in [0.4, 0.5) is 5.69 Å². The molecule has 0 amide bonds. The van der Waals surface area contributed by atoms with Crippen molar-refractivity contribution in [1.29, 1.82) is 0 Å². The second kappa shape index (κ2) is 6.61. The van der Waals surface area contributed by atoms with Crippen LogP contribution in [-0.4, -0.2) is 23.4 Å². The zero-order valence-corrected chi connectivity index (χ0v) is 16.5. The van der Waals surface area contributed by atoms with Crippen LogP contribution in [0.1, 0.15) is 43.7 Å². The Morgan fingerprint density at radius 2 is 1.88 bits per heavy atom. The van der Waals surface area contributed by atoms with Gasteiger partial charge in [0, 0.05) is 36.3 Å². The molecule has 136 valence electrons. The summed E-state index contributed by atoms with van der Waals surface area (Å²) in [6.07, 6.45) is 6.89. The van der Waals surface area contributed by atoms with Crippen LogP contribution in [0, 0.1) is 5.41 Å². The van der Waals surface area contributed by atoms with Gasteiger partial charge < -0.3 is 4.90 Å². The summed E-state index contributed by atoms with van der Waals surface area (Å²) in [5.41, 5.74) is 5.04. The Morgan fingerprint density at radius 3 is 2.62 bits per heavy atom. The summed E-state index contributed by atoms with van der Waals surface area (Å²) in [5, 5.41) is 0. The fourth-order valence-electron chi connectivity index (χ4n) is 5.03. The van der Waals surface area contributed by atoms with E-state index in [0.29, 0.717) is 11.5 Å². The summed E-state index contributed by atoms with van der Waals surface area (Å²) in [5.74, 6) is 0. The average Bonchev–Trinajstić information content (AvgIpc) is 2.99. The van der Waals surface area contributed by atoms with E-state index in [2.05, 4.69) is 64.7 Å². The smallest absolute Gasteiger partial charge is 0.0432 e. The Morgan fingerprint density at radius 1 is 1.04 bits per heavy atom. The Hall–Kier alpha value is -1.45. The molecule has 2 aliphatic heterocycles. The predicted molar refractivity (Wildman–Crippen MR) is 111 cm³/mol. The van der Waals surface area contributed by atoms with Crippen molar-refractivity contribution >= 4 is 17.6 Å². The van der Waals surface area contributed by atoms with Crippen molar-refractivity contribution in [2.45, 2.75) is 56.5 Å². The maximum Gasteiger partial charge on any atom is 0.0432 e. The van der Waals surface area contributed by atoms with Crippen LogP contribution < -0.4 is 4.90 Å². The topological polar surface area (TPSA) is 6.48 Å². The second-order valence-corrected chi connectivity index (χ2v) is 9.63. The Labute approximate surface area is 161 Å². The standard InChI is InChI=1S/C23H28N2S/c1-18-15-23(11-5-12-23)17-25(18)26-22-9-8-19-10-13-24(16-20(19)14-22)21-6-3-2-4-7-21/h2-4,6-9,14,18H,5,10-13,15-17H2,1H3. The van der Waals surface area contributed by atoms with Crippen LogP contribution in [0.3, 0.4) is 0 Å². The molecule has 1 saturated heterocycles. The number of nitrogens with zero attached hydrogens (tertiary/aromatic N) is 2. The van der Waals surface area contributed by atoms with E-state index in [1.807, 2.05) is 11.9 Å². The first-order chi connectivity index (χ1) is 12.7. The molecule has 3 aliphatic rings. The molecule has 1 spiro atoms. The monoisotopic (exact) mass is 364 g/mol. The van der Waals surface area contributed by atoms with E-state index in [1.54, 1.807) is 0 Å². The van der Waals surface area contributed by atoms with Gasteiger partial charge in [0.2, 0.25) is 0 Å². The molecule has 2 nitrogen and oxygen atoms in total. The van der Waals surface area contributed by atoms with Gasteiger partial charge in [-0.15, -0.1) is 0 Å². The van der Waals surface area contributed by atoms with Crippen LogP contribution in [0.5, 0.6) is 0 Å². The molecule has 2 aromatic carbocycles. The molecule has 0 radical (unpaired) electrons. The molecule has 1 aliphatic carbocycles. The highest BCUT2D eigenvalue weighted by atomic mass is 32.2. The second-order valence-electron chi connectivity index (χ2n) is 8.51. The predicted octanol–water partition coefficient (Wildman–Crippen LogP) is 5.52. The first kappa shape index (κ1) is 16.7. The molecule has 0 aromatic heterocycles. The van der Waals surface area contributed by atoms with Gasteiger partial charge in [-0.25, -0.2) is 4.31 Å². The quantitative estimate of drug-likeness (QED) is 0.662. The number of hydrogen-bond acceptors (Lipinski definition) is 3. The molecule has 0 bridgehead atoms. The fraction of sp³-hybridized carbons (Fsp3) is 0.478. The third-order valence-corrected chi connectivity index (χ3v) is 7.85. The highest BCUT2D eigenvalue weighted by Crippen LogP contribution is 2.52. The third-order valence-electron chi connectivity index (χ3n) is 6.66. The molecule has 2 aromatic rings. The summed E-state index contributed by atoms with van der Waals surface area (Å²) >= 11 is 2.00. The Balaban J connectivity index is 1.32. The lowest BCUT2D eigenvalue weighted by Crippen LogP contribution is -2.31. The van der Waals surface area contributed by atoms with E-state index < -0.39 is 0 Å². The van der Waals surface area contributed by atoms with E-state index in [9.17, 15) is 0 Å². The number of anilines is 1. The lowest BCUT2D eigenvalue weighted by atomic mass is 9.68. The van der Waals surface area contributed by atoms with E-state index in [0.717, 1.165) is 19.5 Å². The molecule has 1 saturated carbocycles. The van der Waals surface area contributed by atoms with Gasteiger partial charge in [-0.2, -0.15) is 0 Å². The summed E-state index contributed by atoms with van der Waals surface area (Å²) in [4.78, 5) is 3.93. The van der Waals surface area contributed by atoms with Gasteiger partial charge in [0.1, 0.15) is 0 Å². The Bertz CT molecular complexity index is 784. The van der Waals surface area contributed by atoms with Crippen molar-refractivity contribution < 1.29 is 0 Å². The molecule has 2 fully saturated rings. The number of benzene rings is 2. The van der Waals surface area contributed by atoms with Crippen LogP contribution in [0.2, 0.25) is 0 Å². The van der Waals surface area contributed by atoms with E-state index in [-0.39, 0.29) is 0 Å². The first-order valence-corrected chi connectivity index (χ1v) is 10.8. The van der Waals surface area contributed by atoms with Crippen molar-refractivity contribution in [1.82, 2.24) is 4.31 Å². The van der Waals surface area contributed by atoms with Gasteiger partial charge in [-0.05, 0) is 85.4 Å². The maximum atomic E-state index is 2.65. The SMILES string of the molecule is CC1CC2(CCC2)CN1Sc1ccc2c(c1)CN(c1ccccc1)CC2. The number of fused-ring (bicyclic) bond motifs is 1. The molecule has 0 N–H and O–H groups in total. The van der Waals surface area contributed by atoms with Gasteiger partial charge in [-0.1, -0.05) is 30.7 Å². The minimum atomic E-state index is 0.657. The van der Waals surface area contributed by atoms with Gasteiger partial charge in [0.05, 0.1) is 0 Å². The van der Waals surface area contributed by atoms with Gasteiger partial charge in [-0.3, -0.25) is 0 Å². The molecule has 5 rings (SSSR count). The number of rotatable bonds is 3. The normalized spacial score (nSPS) is 24.5. The van der Waals surface area contributed by atoms with E-state index in [1.165, 1.54) is 53.9 Å². The van der Waals surface area contributed by atoms with E-state index in [4.69, 9.17) is 0 Å². The minimum Gasteiger partial charge on any atom is -0.367 e. The zero-order chi connectivity index (χ0) is 17.6. The van der Waals surface area contributed by atoms with Crippen molar-refractivity contribution in [3.8, 4) is 0 Å². The molecular weight excluding hydrogens is 336 g/mol. The van der Waals surface area contributed by atoms with Gasteiger partial charge in [0.15, 0.2) is 0 Å². The lowest BCUT2D eigenvalue weighted by molar-refractivity contribution is 0.154. The highest BCUT2D eigenvalue weighted by Gasteiger charge is 2.46. The van der Waals surface area contributed by atoms with Crippen molar-refractivity contribution in [2.24, 2.45) is 5.41 Å². The molecule has 2 heterocycles. The van der Waals surface area contributed by atoms with Crippen LogP contribution in [0.25, 0.3) is 0 Å². The highest BCUT2D eigenvalue weighted by molar-refractivity contribution is 7.97. The Kier molecular flexibility index (Phi) is 4.25. The number of hydrogen-bond donors (Lipinski definition) is 0. The lowest BCUT2D eigenvalue weighted by Gasteiger charge is -2.38. The molecule has 26 heavy (non-hydrogen) atoms. The van der Waals surface area contributed by atoms with E-state index >= 15 is 0 Å². The molecule has 1 atom stereocenters. The molecule has 1 unspecified atom stereocenters. The van der Waals surface area contributed by atoms with Crippen molar-refractivity contribution in [3.05, 3.63) is 59.7 Å². The average molecular weight is 365 g/mol. The summed E-state index contributed by atoms with van der Waals surface area (Å²) in [6.45, 7) is 5.85. The van der Waals surface area contributed by atoms with Crippen LogP contribution in [0.15, 0.2) is 53.4 Å². The van der Waals surface area contributed by atoms with Crippen molar-refractivity contribution in [3.63, 3.8) is 0 Å². The number of para-hydroxylation sites is 1. The van der Waals surface area contributed by atoms with Gasteiger partial charge >= 0.3 is 0 Å². The first-order valence-electron chi connectivity index (χ1n) is 10.1. The third kappa shape index (κ3) is 3.05. The maximum absolute atomic E-state index is 2.65. The summed E-state index contributed by atoms with van der Waals surface area (Å²) in [7, 11) is 0. The van der Waals surface area contributed by atoms with Crippen LogP contribution in [-0.2, 0) is 13.0 Å². The fourth-order valence-corrected chi connectivity index (χ4v) is 6.21. The van der Waals surface area contributed by atoms with Crippen molar-refractivity contribution in [2.75, 3.05) is 18.0 Å². The minimum absolute atomic E-state index is 0.657. The molecule has 3 heteroatoms. The zero-order valence-electron chi connectivity index (χ0n) is 15.7. The van der Waals surface area contributed by atoms with Crippen LogP contribution >= 0.6 is 11.9 Å². The summed E-state index contributed by atoms with van der Waals surface area (Å²) in [6, 6.07) is 18.7. The summed E-state index contributed by atoms with van der Waals surface area (Å²) < 4.78 is 2.65. The largest absolute Gasteiger partial charge is 0.367 e.